The average molecular weight is 345 g/mol. The van der Waals surface area contributed by atoms with E-state index >= 15 is 0 Å². The van der Waals surface area contributed by atoms with Crippen molar-refractivity contribution in [2.75, 3.05) is 18.0 Å². The Hall–Kier alpha value is -1.99. The van der Waals surface area contributed by atoms with Crippen LogP contribution in [0, 0.1) is 5.92 Å². The first-order valence-electron chi connectivity index (χ1n) is 8.26. The fraction of sp³-hybridized carbons (Fsp3) is 0.471. The van der Waals surface area contributed by atoms with Crippen LogP contribution in [-0.2, 0) is 11.3 Å². The summed E-state index contributed by atoms with van der Waals surface area (Å²) in [5.74, 6) is 0.644. The molecule has 6 nitrogen and oxygen atoms in total. The largest absolute Gasteiger partial charge is 0.369 e. The highest BCUT2D eigenvalue weighted by atomic mass is 32.1. The topological polar surface area (TPSA) is 84.1 Å². The van der Waals surface area contributed by atoms with E-state index in [0.717, 1.165) is 35.8 Å². The van der Waals surface area contributed by atoms with Crippen LogP contribution in [0.3, 0.4) is 0 Å². The summed E-state index contributed by atoms with van der Waals surface area (Å²) in [5, 5.41) is 6.57. The molecule has 128 valence electrons. The lowest BCUT2D eigenvalue weighted by Crippen LogP contribution is -2.42. The van der Waals surface area contributed by atoms with Crippen molar-refractivity contribution >= 4 is 23.1 Å². The highest BCUT2D eigenvalue weighted by molar-refractivity contribution is 7.09. The Bertz CT molecular complexity index is 675. The summed E-state index contributed by atoms with van der Waals surface area (Å²) in [6.45, 7) is 4.39. The van der Waals surface area contributed by atoms with E-state index in [1.54, 1.807) is 17.5 Å². The molecule has 2 aromatic heterocycles. The molecule has 0 aromatic carbocycles. The smallest absolute Gasteiger partial charge is 0.222 e. The van der Waals surface area contributed by atoms with Crippen molar-refractivity contribution in [2.24, 2.45) is 11.7 Å². The van der Waals surface area contributed by atoms with Crippen molar-refractivity contribution in [3.63, 3.8) is 0 Å². The zero-order valence-electron chi connectivity index (χ0n) is 13.8. The Kier molecular flexibility index (Phi) is 5.42. The highest BCUT2D eigenvalue weighted by Gasteiger charge is 2.26. The van der Waals surface area contributed by atoms with E-state index < -0.39 is 0 Å². The van der Waals surface area contributed by atoms with Crippen LogP contribution >= 0.6 is 11.3 Å². The lowest BCUT2D eigenvalue weighted by atomic mass is 9.97. The van der Waals surface area contributed by atoms with Crippen molar-refractivity contribution in [3.05, 3.63) is 40.5 Å². The van der Waals surface area contributed by atoms with Crippen molar-refractivity contribution in [3.8, 4) is 0 Å². The Morgan fingerprint density at radius 2 is 2.38 bits per heavy atom. The van der Waals surface area contributed by atoms with E-state index in [0.29, 0.717) is 13.1 Å². The summed E-state index contributed by atoms with van der Waals surface area (Å²) in [5.41, 5.74) is 6.62. The fourth-order valence-electron chi connectivity index (χ4n) is 3.05. The molecule has 1 aliphatic rings. The minimum absolute atomic E-state index is 0.0872. The number of piperidine rings is 1. The zero-order valence-corrected chi connectivity index (χ0v) is 14.6. The van der Waals surface area contributed by atoms with Gasteiger partial charge in [0, 0.05) is 43.0 Å². The Balaban J connectivity index is 1.69. The molecule has 0 radical (unpaired) electrons. The molecular weight excluding hydrogens is 322 g/mol. The summed E-state index contributed by atoms with van der Waals surface area (Å²) < 4.78 is 0. The maximum absolute atomic E-state index is 11.5. The highest BCUT2D eigenvalue weighted by Crippen LogP contribution is 2.25. The standard InChI is InChI=1S/C17H23N5OS/c1-12(17-20-7-9-24-17)21-10-13-4-2-6-19-16(13)22-8-3-5-14(11-22)15(18)23/h2,4,6-7,9,12,14,21H,3,5,8,10-11H2,1H3,(H2,18,23)/t12-,14+/m0/s1. The van der Waals surface area contributed by atoms with Gasteiger partial charge in [0.05, 0.1) is 12.0 Å². The van der Waals surface area contributed by atoms with Gasteiger partial charge >= 0.3 is 0 Å². The van der Waals surface area contributed by atoms with Crippen molar-refractivity contribution in [1.29, 1.82) is 0 Å². The van der Waals surface area contributed by atoms with Crippen LogP contribution in [0.4, 0.5) is 5.82 Å². The molecule has 0 bridgehead atoms. The van der Waals surface area contributed by atoms with Gasteiger partial charge in [-0.05, 0) is 25.8 Å². The number of carbonyl (C=O) groups excluding carboxylic acids is 1. The molecule has 3 heterocycles. The number of pyridine rings is 1. The second-order valence-corrected chi connectivity index (χ2v) is 7.07. The molecule has 1 fully saturated rings. The molecule has 3 N–H and O–H groups in total. The molecule has 0 unspecified atom stereocenters. The summed E-state index contributed by atoms with van der Waals surface area (Å²) in [7, 11) is 0. The number of aromatic nitrogens is 2. The van der Waals surface area contributed by atoms with Crippen molar-refractivity contribution < 1.29 is 4.79 Å². The first kappa shape index (κ1) is 16.9. The van der Waals surface area contributed by atoms with E-state index in [1.165, 1.54) is 0 Å². The molecule has 0 saturated carbocycles. The van der Waals surface area contributed by atoms with Crippen LogP contribution in [-0.4, -0.2) is 29.0 Å². The summed E-state index contributed by atoms with van der Waals surface area (Å²) in [4.78, 5) is 22.6. The van der Waals surface area contributed by atoms with Crippen LogP contribution in [0.1, 0.15) is 36.4 Å². The number of amides is 1. The molecule has 7 heteroatoms. The van der Waals surface area contributed by atoms with E-state index in [9.17, 15) is 4.79 Å². The van der Waals surface area contributed by atoms with Gasteiger partial charge in [0.2, 0.25) is 5.91 Å². The van der Waals surface area contributed by atoms with Gasteiger partial charge in [0.25, 0.3) is 0 Å². The maximum Gasteiger partial charge on any atom is 0.222 e. The third kappa shape index (κ3) is 3.91. The zero-order chi connectivity index (χ0) is 16.9. The molecule has 2 aromatic rings. The van der Waals surface area contributed by atoms with Crippen LogP contribution in [0.5, 0.6) is 0 Å². The third-order valence-corrected chi connectivity index (χ3v) is 5.37. The predicted molar refractivity (Wildman–Crippen MR) is 95.7 cm³/mol. The SMILES string of the molecule is C[C@H](NCc1cccnc1N1CCC[C@@H](C(N)=O)C1)c1nccs1. The molecule has 24 heavy (non-hydrogen) atoms. The molecule has 0 spiro atoms. The van der Waals surface area contributed by atoms with Gasteiger partial charge in [-0.2, -0.15) is 0 Å². The van der Waals surface area contributed by atoms with Gasteiger partial charge in [0.15, 0.2) is 0 Å². The van der Waals surface area contributed by atoms with E-state index in [2.05, 4.69) is 33.2 Å². The number of rotatable bonds is 6. The molecule has 2 atom stereocenters. The molecule has 0 aliphatic carbocycles. The lowest BCUT2D eigenvalue weighted by Gasteiger charge is -2.33. The molecule has 1 aliphatic heterocycles. The molecule has 1 amide bonds. The molecule has 3 rings (SSSR count). The van der Waals surface area contributed by atoms with Gasteiger partial charge in [-0.3, -0.25) is 4.79 Å². The fourth-order valence-corrected chi connectivity index (χ4v) is 3.72. The molecule has 1 saturated heterocycles. The summed E-state index contributed by atoms with van der Waals surface area (Å²) >= 11 is 1.65. The number of hydrogen-bond acceptors (Lipinski definition) is 6. The van der Waals surface area contributed by atoms with Gasteiger partial charge in [-0.15, -0.1) is 11.3 Å². The maximum atomic E-state index is 11.5. The number of nitrogens with one attached hydrogen (secondary N) is 1. The number of hydrogen-bond donors (Lipinski definition) is 2. The van der Waals surface area contributed by atoms with Crippen LogP contribution in [0.2, 0.25) is 0 Å². The van der Waals surface area contributed by atoms with Crippen LogP contribution < -0.4 is 16.0 Å². The Morgan fingerprint density at radius 1 is 1.50 bits per heavy atom. The van der Waals surface area contributed by atoms with Gasteiger partial charge in [0.1, 0.15) is 10.8 Å². The summed E-state index contributed by atoms with van der Waals surface area (Å²) in [6, 6.07) is 4.22. The first-order valence-corrected chi connectivity index (χ1v) is 9.14. The average Bonchev–Trinajstić information content (AvgIpc) is 3.15. The quantitative estimate of drug-likeness (QED) is 0.837. The Morgan fingerprint density at radius 3 is 3.12 bits per heavy atom. The normalized spacial score (nSPS) is 19.2. The Labute approximate surface area is 146 Å². The van der Waals surface area contributed by atoms with Crippen LogP contribution in [0.15, 0.2) is 29.9 Å². The number of carbonyl (C=O) groups is 1. The second kappa shape index (κ2) is 7.72. The lowest BCUT2D eigenvalue weighted by molar-refractivity contribution is -0.122. The monoisotopic (exact) mass is 345 g/mol. The number of anilines is 1. The minimum atomic E-state index is -0.215. The van der Waals surface area contributed by atoms with Gasteiger partial charge in [-0.25, -0.2) is 9.97 Å². The van der Waals surface area contributed by atoms with Crippen LogP contribution in [0.25, 0.3) is 0 Å². The summed E-state index contributed by atoms with van der Waals surface area (Å²) in [6.07, 6.45) is 5.46. The number of nitrogens with two attached hydrogens (primary N) is 1. The van der Waals surface area contributed by atoms with Crippen molar-refractivity contribution in [1.82, 2.24) is 15.3 Å². The minimum Gasteiger partial charge on any atom is -0.369 e. The first-order chi connectivity index (χ1) is 11.6. The number of primary amides is 1. The van der Waals surface area contributed by atoms with Gasteiger partial charge in [-0.1, -0.05) is 6.07 Å². The number of nitrogens with zero attached hydrogens (tertiary/aromatic N) is 3. The van der Waals surface area contributed by atoms with E-state index in [-0.39, 0.29) is 17.9 Å². The van der Waals surface area contributed by atoms with Crippen molar-refractivity contribution in [2.45, 2.75) is 32.4 Å². The van der Waals surface area contributed by atoms with E-state index in [4.69, 9.17) is 5.73 Å². The predicted octanol–water partition coefficient (Wildman–Crippen LogP) is 2.09. The third-order valence-electron chi connectivity index (χ3n) is 4.41. The number of thiazole rings is 1. The van der Waals surface area contributed by atoms with E-state index in [1.807, 2.05) is 17.6 Å². The molecular formula is C17H23N5OS. The second-order valence-electron chi connectivity index (χ2n) is 6.15. The van der Waals surface area contributed by atoms with Gasteiger partial charge < -0.3 is 16.0 Å².